The molecule has 0 unspecified atom stereocenters. The van der Waals surface area contributed by atoms with E-state index in [-0.39, 0.29) is 35.0 Å². The molecule has 0 aliphatic heterocycles. The van der Waals surface area contributed by atoms with Gasteiger partial charge in [0.1, 0.15) is 6.10 Å². The highest BCUT2D eigenvalue weighted by atomic mass is 16.5. The van der Waals surface area contributed by atoms with Crippen molar-refractivity contribution in [3.05, 3.63) is 35.9 Å². The lowest BCUT2D eigenvalue weighted by Gasteiger charge is -2.62. The number of aliphatic hydroxyl groups excluding tert-OH is 1. The molecule has 0 heterocycles. The highest BCUT2D eigenvalue weighted by molar-refractivity contribution is 5.89. The minimum Gasteiger partial charge on any atom is -0.469 e. The highest BCUT2D eigenvalue weighted by Crippen LogP contribution is 2.68. The van der Waals surface area contributed by atoms with Crippen LogP contribution in [-0.2, 0) is 14.3 Å². The van der Waals surface area contributed by atoms with Gasteiger partial charge in [-0.1, -0.05) is 39.0 Å². The normalized spacial score (nSPS) is 41.6. The van der Waals surface area contributed by atoms with Crippen molar-refractivity contribution in [2.75, 3.05) is 7.11 Å². The van der Waals surface area contributed by atoms with Gasteiger partial charge in [0, 0.05) is 6.42 Å². The van der Waals surface area contributed by atoms with Crippen LogP contribution in [0.1, 0.15) is 95.3 Å². The zero-order valence-corrected chi connectivity index (χ0v) is 23.2. The number of esters is 2. The Kier molecular flexibility index (Phi) is 7.48. The van der Waals surface area contributed by atoms with Gasteiger partial charge in [0.05, 0.1) is 18.8 Å². The predicted molar refractivity (Wildman–Crippen MR) is 143 cm³/mol. The van der Waals surface area contributed by atoms with Crippen LogP contribution in [0.25, 0.3) is 0 Å². The van der Waals surface area contributed by atoms with E-state index in [1.54, 1.807) is 0 Å². The van der Waals surface area contributed by atoms with Crippen molar-refractivity contribution in [1.29, 1.82) is 0 Å². The molecule has 4 aliphatic carbocycles. The second-order valence-electron chi connectivity index (χ2n) is 13.2. The van der Waals surface area contributed by atoms with E-state index in [1.165, 1.54) is 26.4 Å². The quantitative estimate of drug-likeness (QED) is 0.447. The Bertz CT molecular complexity index is 977. The van der Waals surface area contributed by atoms with Crippen molar-refractivity contribution in [1.82, 2.24) is 0 Å². The maximum atomic E-state index is 12.7. The topological polar surface area (TPSA) is 72.8 Å². The van der Waals surface area contributed by atoms with Gasteiger partial charge in [-0.25, -0.2) is 4.79 Å². The standard InChI is InChI=1S/C32H46O5/c1-20(10-15-29(34)36-4)25-13-14-26-24-12-11-22-18-23(37-30(35)21-8-6-5-7-9-21)16-17-31(22,2)27(24)19-28(33)32(25,26)3/h5-9,20,22-28,33H,10-19H2,1-4H3/t20-,22+,23+,24-,25+,26-,27-,28-,31-,32+/m0/s1. The Hall–Kier alpha value is -1.88. The average Bonchev–Trinajstić information content (AvgIpc) is 3.27. The van der Waals surface area contributed by atoms with E-state index in [0.717, 1.165) is 38.5 Å². The smallest absolute Gasteiger partial charge is 0.338 e. The number of ether oxygens (including phenoxy) is 2. The minimum atomic E-state index is -0.295. The summed E-state index contributed by atoms with van der Waals surface area (Å²) in [5.41, 5.74) is 0.767. The maximum absolute atomic E-state index is 12.7. The number of hydrogen-bond acceptors (Lipinski definition) is 5. The van der Waals surface area contributed by atoms with Crippen LogP contribution in [0.15, 0.2) is 30.3 Å². The molecule has 0 amide bonds. The Balaban J connectivity index is 1.27. The maximum Gasteiger partial charge on any atom is 0.338 e. The fraction of sp³-hybridized carbons (Fsp3) is 0.750. The van der Waals surface area contributed by atoms with Gasteiger partial charge in [0.25, 0.3) is 0 Å². The van der Waals surface area contributed by atoms with Crippen LogP contribution in [0.5, 0.6) is 0 Å². The molecule has 5 heteroatoms. The van der Waals surface area contributed by atoms with Gasteiger partial charge in [-0.05, 0) is 116 Å². The number of fused-ring (bicyclic) bond motifs is 5. The van der Waals surface area contributed by atoms with Crippen LogP contribution in [0.2, 0.25) is 0 Å². The van der Waals surface area contributed by atoms with Crippen LogP contribution in [0.4, 0.5) is 0 Å². The molecule has 204 valence electrons. The Morgan fingerprint density at radius 2 is 1.78 bits per heavy atom. The van der Waals surface area contributed by atoms with Crippen LogP contribution in [0, 0.1) is 46.3 Å². The minimum absolute atomic E-state index is 0.00682. The molecule has 5 nitrogen and oxygen atoms in total. The summed E-state index contributed by atoms with van der Waals surface area (Å²) in [6.45, 7) is 7.11. The Labute approximate surface area is 222 Å². The van der Waals surface area contributed by atoms with Crippen molar-refractivity contribution >= 4 is 11.9 Å². The zero-order valence-electron chi connectivity index (χ0n) is 23.2. The van der Waals surface area contributed by atoms with Crippen molar-refractivity contribution in [2.24, 2.45) is 46.3 Å². The molecular formula is C32H46O5. The second kappa shape index (κ2) is 10.4. The SMILES string of the molecule is COC(=O)CC[C@H](C)[C@H]1CC[C@H]2[C@@H]3CC[C@@H]4C[C@H](OC(=O)c5ccccc5)CC[C@]4(C)[C@H]3C[C@H](O)[C@]12C. The summed E-state index contributed by atoms with van der Waals surface area (Å²) in [5, 5.41) is 11.8. The van der Waals surface area contributed by atoms with Gasteiger partial charge in [0.15, 0.2) is 0 Å². The second-order valence-corrected chi connectivity index (χ2v) is 13.2. The van der Waals surface area contributed by atoms with Gasteiger partial charge in [-0.3, -0.25) is 4.79 Å². The van der Waals surface area contributed by atoms with E-state index < -0.39 is 0 Å². The number of methoxy groups -OCH3 is 1. The Morgan fingerprint density at radius 3 is 2.51 bits per heavy atom. The van der Waals surface area contributed by atoms with Gasteiger partial charge in [-0.2, -0.15) is 0 Å². The predicted octanol–water partition coefficient (Wildman–Crippen LogP) is 6.43. The summed E-state index contributed by atoms with van der Waals surface area (Å²) in [6, 6.07) is 9.33. The molecule has 0 bridgehead atoms. The van der Waals surface area contributed by atoms with Crippen LogP contribution in [-0.4, -0.2) is 36.4 Å². The molecule has 1 aromatic carbocycles. The molecule has 0 aromatic heterocycles. The largest absolute Gasteiger partial charge is 0.469 e. The molecule has 5 rings (SSSR count). The molecule has 1 aromatic rings. The van der Waals surface area contributed by atoms with E-state index in [9.17, 15) is 14.7 Å². The molecule has 0 saturated heterocycles. The first-order valence-electron chi connectivity index (χ1n) is 14.7. The number of carbonyl (C=O) groups is 2. The van der Waals surface area contributed by atoms with E-state index in [1.807, 2.05) is 30.3 Å². The van der Waals surface area contributed by atoms with Crippen molar-refractivity contribution in [2.45, 2.75) is 97.2 Å². The van der Waals surface area contributed by atoms with Crippen molar-refractivity contribution in [3.63, 3.8) is 0 Å². The van der Waals surface area contributed by atoms with E-state index in [2.05, 4.69) is 20.8 Å². The lowest BCUT2D eigenvalue weighted by Crippen LogP contribution is -2.59. The first kappa shape index (κ1) is 26.7. The molecule has 0 radical (unpaired) electrons. The monoisotopic (exact) mass is 510 g/mol. The number of hydrogen-bond donors (Lipinski definition) is 1. The summed E-state index contributed by atoms with van der Waals surface area (Å²) in [6.07, 6.45) is 9.59. The number of aliphatic hydroxyl groups is 1. The molecule has 1 N–H and O–H groups in total. The molecule has 4 fully saturated rings. The molecule has 37 heavy (non-hydrogen) atoms. The van der Waals surface area contributed by atoms with Crippen LogP contribution in [0.3, 0.4) is 0 Å². The molecule has 10 atom stereocenters. The Morgan fingerprint density at radius 1 is 1.03 bits per heavy atom. The first-order valence-corrected chi connectivity index (χ1v) is 14.7. The summed E-state index contributed by atoms with van der Waals surface area (Å²) in [5.74, 6) is 2.82. The van der Waals surface area contributed by atoms with Gasteiger partial charge in [-0.15, -0.1) is 0 Å². The lowest BCUT2D eigenvalue weighted by atomic mass is 9.43. The summed E-state index contributed by atoms with van der Waals surface area (Å²) in [4.78, 5) is 24.5. The zero-order chi connectivity index (χ0) is 26.4. The number of benzene rings is 1. The highest BCUT2D eigenvalue weighted by Gasteiger charge is 2.63. The third-order valence-electron chi connectivity index (χ3n) is 11.8. The van der Waals surface area contributed by atoms with Crippen LogP contribution >= 0.6 is 0 Å². The average molecular weight is 511 g/mol. The number of carbonyl (C=O) groups excluding carboxylic acids is 2. The summed E-state index contributed by atoms with van der Waals surface area (Å²) < 4.78 is 10.9. The van der Waals surface area contributed by atoms with E-state index in [0.29, 0.717) is 47.5 Å². The van der Waals surface area contributed by atoms with E-state index >= 15 is 0 Å². The summed E-state index contributed by atoms with van der Waals surface area (Å²) >= 11 is 0. The van der Waals surface area contributed by atoms with Crippen molar-refractivity contribution < 1.29 is 24.2 Å². The lowest BCUT2D eigenvalue weighted by molar-refractivity contribution is -0.175. The van der Waals surface area contributed by atoms with E-state index in [4.69, 9.17) is 9.47 Å². The van der Waals surface area contributed by atoms with Crippen molar-refractivity contribution in [3.8, 4) is 0 Å². The van der Waals surface area contributed by atoms with Gasteiger partial charge >= 0.3 is 11.9 Å². The molecule has 4 aliphatic rings. The summed E-state index contributed by atoms with van der Waals surface area (Å²) in [7, 11) is 1.46. The van der Waals surface area contributed by atoms with Gasteiger partial charge in [0.2, 0.25) is 0 Å². The third kappa shape index (κ3) is 4.64. The fourth-order valence-corrected chi connectivity index (χ4v) is 9.69. The molecule has 0 spiro atoms. The third-order valence-corrected chi connectivity index (χ3v) is 11.8. The molecule has 4 saturated carbocycles. The van der Waals surface area contributed by atoms with Crippen LogP contribution < -0.4 is 0 Å². The number of rotatable bonds is 6. The molecular weight excluding hydrogens is 464 g/mol. The fourth-order valence-electron chi connectivity index (χ4n) is 9.69. The van der Waals surface area contributed by atoms with Gasteiger partial charge < -0.3 is 14.6 Å². The first-order chi connectivity index (χ1) is 17.7.